The van der Waals surface area contributed by atoms with Crippen LogP contribution in [0.15, 0.2) is 84.9 Å². The summed E-state index contributed by atoms with van der Waals surface area (Å²) in [4.78, 5) is 0. The molecule has 0 saturated carbocycles. The summed E-state index contributed by atoms with van der Waals surface area (Å²) in [5, 5.41) is 6.19. The van der Waals surface area contributed by atoms with E-state index in [4.69, 9.17) is 4.74 Å². The lowest BCUT2D eigenvalue weighted by Crippen LogP contribution is -2.15. The molecule has 154 valence electrons. The topological polar surface area (TPSA) is 24.3 Å². The van der Waals surface area contributed by atoms with Crippen molar-refractivity contribution in [3.63, 3.8) is 0 Å². The molecule has 4 aromatic carbocycles. The maximum Gasteiger partial charge on any atom is 0.221 e. The van der Waals surface area contributed by atoms with E-state index >= 15 is 0 Å². The highest BCUT2D eigenvalue weighted by molar-refractivity contribution is 6.22. The summed E-state index contributed by atoms with van der Waals surface area (Å²) < 4.78 is 7.95. The van der Waals surface area contributed by atoms with E-state index in [1.807, 2.05) is 19.1 Å². The molecule has 5 rings (SSSR count). The second kappa shape index (κ2) is 8.27. The fourth-order valence-electron chi connectivity index (χ4n) is 4.47. The van der Waals surface area contributed by atoms with E-state index in [1.165, 1.54) is 38.9 Å². The van der Waals surface area contributed by atoms with E-state index < -0.39 is 0 Å². The Morgan fingerprint density at radius 3 is 2.26 bits per heavy atom. The summed E-state index contributed by atoms with van der Waals surface area (Å²) >= 11 is 0. The van der Waals surface area contributed by atoms with Crippen LogP contribution in [0.1, 0.15) is 30.5 Å². The van der Waals surface area contributed by atoms with Gasteiger partial charge in [-0.15, -0.1) is 0 Å². The van der Waals surface area contributed by atoms with Gasteiger partial charge in [0, 0.05) is 23.9 Å². The number of benzene rings is 4. The lowest BCUT2D eigenvalue weighted by atomic mass is 9.98. The van der Waals surface area contributed by atoms with Crippen molar-refractivity contribution in [1.82, 2.24) is 0 Å². The fourth-order valence-corrected chi connectivity index (χ4v) is 4.47. The molecule has 0 spiro atoms. The Labute approximate surface area is 183 Å². The Morgan fingerprint density at radius 2 is 1.55 bits per heavy atom. The highest BCUT2D eigenvalue weighted by atomic mass is 16.5. The molecule has 4 aromatic rings. The van der Waals surface area contributed by atoms with Gasteiger partial charge in [0.05, 0.1) is 17.6 Å². The van der Waals surface area contributed by atoms with Crippen LogP contribution in [0.3, 0.4) is 0 Å². The van der Waals surface area contributed by atoms with Gasteiger partial charge in [0.1, 0.15) is 12.3 Å². The third-order valence-corrected chi connectivity index (χ3v) is 5.90. The first-order valence-corrected chi connectivity index (χ1v) is 11.0. The standard InChI is InChI=1S/C28H26N2O/c1-3-30-26-10-6-8-21-7-5-9-25(27(21)26)28(30)22-13-15-23(16-14-22)29-19-20-11-17-24(18-12-20)31-4-2/h5-18H,3-4,19H2,1-2H3/p+1. The third kappa shape index (κ3) is 3.57. The van der Waals surface area contributed by atoms with Gasteiger partial charge in [0.25, 0.3) is 0 Å². The van der Waals surface area contributed by atoms with E-state index in [9.17, 15) is 0 Å². The van der Waals surface area contributed by atoms with Crippen LogP contribution in [0.5, 0.6) is 5.75 Å². The van der Waals surface area contributed by atoms with Gasteiger partial charge in [-0.1, -0.05) is 36.4 Å². The van der Waals surface area contributed by atoms with Gasteiger partial charge < -0.3 is 10.1 Å². The fraction of sp³-hybridized carbons (Fsp3) is 0.179. The number of hydrogen-bond acceptors (Lipinski definition) is 2. The number of rotatable bonds is 7. The first-order chi connectivity index (χ1) is 15.3. The minimum Gasteiger partial charge on any atom is -0.494 e. The van der Waals surface area contributed by atoms with Crippen molar-refractivity contribution < 1.29 is 9.31 Å². The zero-order chi connectivity index (χ0) is 21.2. The Hall–Kier alpha value is -3.59. The molecular formula is C28H27N2O+. The molecular weight excluding hydrogens is 380 g/mol. The zero-order valence-corrected chi connectivity index (χ0v) is 18.1. The van der Waals surface area contributed by atoms with Crippen LogP contribution >= 0.6 is 0 Å². The van der Waals surface area contributed by atoms with E-state index in [0.717, 1.165) is 24.5 Å². The average Bonchev–Trinajstić information content (AvgIpc) is 3.15. The van der Waals surface area contributed by atoms with E-state index in [0.29, 0.717) is 6.61 Å². The molecule has 0 radical (unpaired) electrons. The molecule has 0 aromatic heterocycles. The first-order valence-electron chi connectivity index (χ1n) is 11.0. The Balaban J connectivity index is 1.38. The summed E-state index contributed by atoms with van der Waals surface area (Å²) in [7, 11) is 0. The Kier molecular flexibility index (Phi) is 5.17. The molecule has 3 nitrogen and oxygen atoms in total. The van der Waals surface area contributed by atoms with Gasteiger partial charge in [0.2, 0.25) is 11.4 Å². The Morgan fingerprint density at radius 1 is 0.806 bits per heavy atom. The van der Waals surface area contributed by atoms with Gasteiger partial charge in [-0.2, -0.15) is 4.58 Å². The predicted molar refractivity (Wildman–Crippen MR) is 129 cm³/mol. The maximum atomic E-state index is 5.52. The molecule has 0 fully saturated rings. The molecule has 1 aliphatic heterocycles. The number of anilines is 1. The third-order valence-electron chi connectivity index (χ3n) is 5.90. The molecule has 0 saturated heterocycles. The van der Waals surface area contributed by atoms with Crippen molar-refractivity contribution in [2.75, 3.05) is 18.5 Å². The lowest BCUT2D eigenvalue weighted by molar-refractivity contribution is -0.431. The van der Waals surface area contributed by atoms with Crippen LogP contribution in [0.2, 0.25) is 0 Å². The SMILES string of the molecule is CCOc1ccc(CNc2ccc(C3=[N+](CC)c4cccc5cccc3c45)cc2)cc1. The second-order valence-corrected chi connectivity index (χ2v) is 7.78. The van der Waals surface area contributed by atoms with Gasteiger partial charge in [-0.3, -0.25) is 0 Å². The number of ether oxygens (including phenoxy) is 1. The quantitative estimate of drug-likeness (QED) is 0.360. The van der Waals surface area contributed by atoms with E-state index in [2.05, 4.69) is 89.6 Å². The second-order valence-electron chi connectivity index (χ2n) is 7.78. The van der Waals surface area contributed by atoms with Gasteiger partial charge in [-0.05, 0) is 67.3 Å². The first kappa shape index (κ1) is 19.4. The zero-order valence-electron chi connectivity index (χ0n) is 18.1. The van der Waals surface area contributed by atoms with E-state index in [1.54, 1.807) is 0 Å². The predicted octanol–water partition coefficient (Wildman–Crippen LogP) is 6.37. The van der Waals surface area contributed by atoms with Crippen LogP contribution in [0, 0.1) is 0 Å². The van der Waals surface area contributed by atoms with Crippen LogP contribution < -0.4 is 10.1 Å². The normalized spacial score (nSPS) is 12.5. The Bertz CT molecular complexity index is 1250. The molecule has 3 heteroatoms. The summed E-state index contributed by atoms with van der Waals surface area (Å²) in [6, 6.07) is 30.3. The molecule has 1 aliphatic rings. The van der Waals surface area contributed by atoms with Crippen molar-refractivity contribution in [3.8, 4) is 5.75 Å². The van der Waals surface area contributed by atoms with Gasteiger partial charge >= 0.3 is 0 Å². The molecule has 0 bridgehead atoms. The molecule has 0 amide bonds. The summed E-state index contributed by atoms with van der Waals surface area (Å²) in [6.45, 7) is 6.65. The van der Waals surface area contributed by atoms with Crippen molar-refractivity contribution in [3.05, 3.63) is 102 Å². The molecule has 1 N–H and O–H groups in total. The monoisotopic (exact) mass is 407 g/mol. The highest BCUT2D eigenvalue weighted by Crippen LogP contribution is 2.36. The smallest absolute Gasteiger partial charge is 0.221 e. The molecule has 1 heterocycles. The molecule has 31 heavy (non-hydrogen) atoms. The maximum absolute atomic E-state index is 5.52. The van der Waals surface area contributed by atoms with Crippen molar-refractivity contribution >= 4 is 27.9 Å². The highest BCUT2D eigenvalue weighted by Gasteiger charge is 2.31. The van der Waals surface area contributed by atoms with Crippen molar-refractivity contribution in [1.29, 1.82) is 0 Å². The average molecular weight is 408 g/mol. The minimum atomic E-state index is 0.692. The van der Waals surface area contributed by atoms with Gasteiger partial charge in [0.15, 0.2) is 0 Å². The van der Waals surface area contributed by atoms with Gasteiger partial charge in [-0.25, -0.2) is 0 Å². The van der Waals surface area contributed by atoms with E-state index in [-0.39, 0.29) is 0 Å². The minimum absolute atomic E-state index is 0.692. The summed E-state index contributed by atoms with van der Waals surface area (Å²) in [5.41, 5.74) is 7.53. The van der Waals surface area contributed by atoms with Crippen LogP contribution in [0.4, 0.5) is 11.4 Å². The number of nitrogens with one attached hydrogen (secondary N) is 1. The largest absolute Gasteiger partial charge is 0.494 e. The molecule has 0 aliphatic carbocycles. The summed E-state index contributed by atoms with van der Waals surface area (Å²) in [6.07, 6.45) is 0. The van der Waals surface area contributed by atoms with Crippen molar-refractivity contribution in [2.24, 2.45) is 0 Å². The lowest BCUT2D eigenvalue weighted by Gasteiger charge is -2.09. The summed E-state index contributed by atoms with van der Waals surface area (Å²) in [5.74, 6) is 0.917. The number of hydrogen-bond donors (Lipinski definition) is 1. The van der Waals surface area contributed by atoms with Crippen LogP contribution in [-0.2, 0) is 6.54 Å². The molecule has 0 atom stereocenters. The van der Waals surface area contributed by atoms with Crippen LogP contribution in [-0.4, -0.2) is 23.4 Å². The molecule has 0 unspecified atom stereocenters. The number of nitrogens with zero attached hydrogens (tertiary/aromatic N) is 1. The van der Waals surface area contributed by atoms with Crippen LogP contribution in [0.25, 0.3) is 10.8 Å². The van der Waals surface area contributed by atoms with Crippen molar-refractivity contribution in [2.45, 2.75) is 20.4 Å².